The summed E-state index contributed by atoms with van der Waals surface area (Å²) in [6.45, 7) is 8.31. The number of hydrogen-bond acceptors (Lipinski definition) is 3. The molecule has 17 heavy (non-hydrogen) atoms. The SMILES string of the molecule is CCC(C)N(C(=O)c1cnccn1)C(C)CC. The molecule has 1 heterocycles. The van der Waals surface area contributed by atoms with E-state index in [0.29, 0.717) is 5.69 Å². The standard InChI is InChI=1S/C13H21N3O/c1-5-10(3)16(11(4)6-2)13(17)12-9-14-7-8-15-12/h7-11H,5-6H2,1-4H3. The molecule has 0 aliphatic carbocycles. The highest BCUT2D eigenvalue weighted by atomic mass is 16.2. The molecular formula is C13H21N3O. The second-order valence-corrected chi connectivity index (χ2v) is 4.32. The van der Waals surface area contributed by atoms with Crippen LogP contribution in [0.5, 0.6) is 0 Å². The number of carbonyl (C=O) groups excluding carboxylic acids is 1. The van der Waals surface area contributed by atoms with Crippen molar-refractivity contribution in [2.24, 2.45) is 0 Å². The van der Waals surface area contributed by atoms with Crippen LogP contribution in [0.15, 0.2) is 18.6 Å². The minimum absolute atomic E-state index is 0.0261. The fourth-order valence-corrected chi connectivity index (χ4v) is 1.77. The van der Waals surface area contributed by atoms with E-state index in [2.05, 4.69) is 37.7 Å². The number of amides is 1. The molecule has 0 aliphatic heterocycles. The largest absolute Gasteiger partial charge is 0.332 e. The van der Waals surface area contributed by atoms with Gasteiger partial charge in [0.15, 0.2) is 0 Å². The van der Waals surface area contributed by atoms with Crippen molar-refractivity contribution >= 4 is 5.91 Å². The second kappa shape index (κ2) is 6.33. The Bertz CT molecular complexity index is 343. The van der Waals surface area contributed by atoms with E-state index in [1.165, 1.54) is 6.20 Å². The van der Waals surface area contributed by atoms with E-state index in [0.717, 1.165) is 12.8 Å². The molecule has 4 heteroatoms. The molecule has 0 saturated carbocycles. The molecule has 4 nitrogen and oxygen atoms in total. The minimum atomic E-state index is -0.0261. The van der Waals surface area contributed by atoms with Gasteiger partial charge < -0.3 is 4.90 Å². The Labute approximate surface area is 103 Å². The van der Waals surface area contributed by atoms with Crippen molar-refractivity contribution in [3.63, 3.8) is 0 Å². The normalized spacial score (nSPS) is 14.1. The third kappa shape index (κ3) is 3.25. The van der Waals surface area contributed by atoms with Gasteiger partial charge in [-0.05, 0) is 26.7 Å². The molecule has 1 aromatic heterocycles. The van der Waals surface area contributed by atoms with E-state index < -0.39 is 0 Å². The summed E-state index contributed by atoms with van der Waals surface area (Å²) in [6, 6.07) is 0.443. The average Bonchev–Trinajstić information content (AvgIpc) is 2.39. The molecule has 0 aromatic carbocycles. The van der Waals surface area contributed by atoms with Crippen LogP contribution >= 0.6 is 0 Å². The predicted octanol–water partition coefficient (Wildman–Crippen LogP) is 2.52. The fraction of sp³-hybridized carbons (Fsp3) is 0.615. The molecule has 1 rings (SSSR count). The molecule has 0 aliphatic rings. The molecule has 0 bridgehead atoms. The fourth-order valence-electron chi connectivity index (χ4n) is 1.77. The van der Waals surface area contributed by atoms with Crippen LogP contribution < -0.4 is 0 Å². The van der Waals surface area contributed by atoms with Gasteiger partial charge in [0.05, 0.1) is 6.20 Å². The summed E-state index contributed by atoms with van der Waals surface area (Å²) in [4.78, 5) is 22.3. The predicted molar refractivity (Wildman–Crippen MR) is 67.7 cm³/mol. The number of rotatable bonds is 5. The van der Waals surface area contributed by atoms with Gasteiger partial charge in [-0.2, -0.15) is 0 Å². The van der Waals surface area contributed by atoms with Gasteiger partial charge in [0.2, 0.25) is 0 Å². The Morgan fingerprint density at radius 3 is 2.24 bits per heavy atom. The summed E-state index contributed by atoms with van der Waals surface area (Å²) in [5.41, 5.74) is 0.424. The maximum atomic E-state index is 12.4. The highest BCUT2D eigenvalue weighted by Crippen LogP contribution is 2.14. The van der Waals surface area contributed by atoms with Crippen molar-refractivity contribution in [3.8, 4) is 0 Å². The molecule has 0 saturated heterocycles. The Morgan fingerprint density at radius 2 is 1.82 bits per heavy atom. The highest BCUT2D eigenvalue weighted by molar-refractivity contribution is 5.92. The van der Waals surface area contributed by atoms with Gasteiger partial charge in [0, 0.05) is 24.5 Å². The molecule has 0 N–H and O–H groups in total. The first kappa shape index (κ1) is 13.6. The van der Waals surface area contributed by atoms with Crippen molar-refractivity contribution in [1.29, 1.82) is 0 Å². The van der Waals surface area contributed by atoms with Crippen LogP contribution in [0.1, 0.15) is 51.0 Å². The highest BCUT2D eigenvalue weighted by Gasteiger charge is 2.25. The topological polar surface area (TPSA) is 46.1 Å². The molecule has 94 valence electrons. The number of nitrogens with zero attached hydrogens (tertiary/aromatic N) is 3. The Morgan fingerprint density at radius 1 is 1.24 bits per heavy atom. The molecule has 1 aromatic rings. The summed E-state index contributed by atoms with van der Waals surface area (Å²) >= 11 is 0. The van der Waals surface area contributed by atoms with Crippen LogP contribution in [0, 0.1) is 0 Å². The zero-order chi connectivity index (χ0) is 12.8. The molecule has 0 fully saturated rings. The third-order valence-electron chi connectivity index (χ3n) is 3.15. The first-order chi connectivity index (χ1) is 8.11. The van der Waals surface area contributed by atoms with Crippen molar-refractivity contribution in [2.75, 3.05) is 0 Å². The number of carbonyl (C=O) groups is 1. The van der Waals surface area contributed by atoms with Crippen molar-refractivity contribution in [2.45, 2.75) is 52.6 Å². The third-order valence-corrected chi connectivity index (χ3v) is 3.15. The molecule has 2 unspecified atom stereocenters. The Kier molecular flexibility index (Phi) is 5.07. The number of aromatic nitrogens is 2. The van der Waals surface area contributed by atoms with E-state index in [1.807, 2.05) is 4.90 Å². The molecular weight excluding hydrogens is 214 g/mol. The van der Waals surface area contributed by atoms with Gasteiger partial charge in [-0.3, -0.25) is 9.78 Å². The lowest BCUT2D eigenvalue weighted by molar-refractivity contribution is 0.0591. The van der Waals surface area contributed by atoms with Crippen molar-refractivity contribution in [3.05, 3.63) is 24.3 Å². The quantitative estimate of drug-likeness (QED) is 0.787. The van der Waals surface area contributed by atoms with Crippen molar-refractivity contribution < 1.29 is 4.79 Å². The van der Waals surface area contributed by atoms with Crippen LogP contribution in [0.4, 0.5) is 0 Å². The van der Waals surface area contributed by atoms with Crippen LogP contribution in [0.25, 0.3) is 0 Å². The van der Waals surface area contributed by atoms with E-state index >= 15 is 0 Å². The van der Waals surface area contributed by atoms with E-state index in [9.17, 15) is 4.79 Å². The first-order valence-corrected chi connectivity index (χ1v) is 6.20. The summed E-state index contributed by atoms with van der Waals surface area (Å²) in [6.07, 6.45) is 6.54. The van der Waals surface area contributed by atoms with E-state index in [-0.39, 0.29) is 18.0 Å². The average molecular weight is 235 g/mol. The smallest absolute Gasteiger partial charge is 0.274 e. The van der Waals surface area contributed by atoms with E-state index in [4.69, 9.17) is 0 Å². The maximum Gasteiger partial charge on any atom is 0.274 e. The monoisotopic (exact) mass is 235 g/mol. The van der Waals surface area contributed by atoms with Gasteiger partial charge >= 0.3 is 0 Å². The minimum Gasteiger partial charge on any atom is -0.332 e. The van der Waals surface area contributed by atoms with Gasteiger partial charge in [-0.25, -0.2) is 4.98 Å². The van der Waals surface area contributed by atoms with E-state index in [1.54, 1.807) is 12.4 Å². The van der Waals surface area contributed by atoms with Gasteiger partial charge in [0.25, 0.3) is 5.91 Å². The van der Waals surface area contributed by atoms with Gasteiger partial charge in [-0.15, -0.1) is 0 Å². The summed E-state index contributed by atoms with van der Waals surface area (Å²) in [5.74, 6) is -0.0261. The Hall–Kier alpha value is -1.45. The van der Waals surface area contributed by atoms with Crippen LogP contribution in [-0.4, -0.2) is 32.9 Å². The van der Waals surface area contributed by atoms with Gasteiger partial charge in [0.1, 0.15) is 5.69 Å². The zero-order valence-electron chi connectivity index (χ0n) is 11.1. The van der Waals surface area contributed by atoms with Crippen LogP contribution in [0.2, 0.25) is 0 Å². The molecule has 0 radical (unpaired) electrons. The summed E-state index contributed by atoms with van der Waals surface area (Å²) in [5, 5.41) is 0. The maximum absolute atomic E-state index is 12.4. The molecule has 1 amide bonds. The van der Waals surface area contributed by atoms with Crippen LogP contribution in [-0.2, 0) is 0 Å². The lowest BCUT2D eigenvalue weighted by atomic mass is 10.1. The van der Waals surface area contributed by atoms with Crippen LogP contribution in [0.3, 0.4) is 0 Å². The van der Waals surface area contributed by atoms with Crippen molar-refractivity contribution in [1.82, 2.24) is 14.9 Å². The first-order valence-electron chi connectivity index (χ1n) is 6.20. The molecule has 2 atom stereocenters. The summed E-state index contributed by atoms with van der Waals surface area (Å²) < 4.78 is 0. The lowest BCUT2D eigenvalue weighted by Gasteiger charge is -2.33. The molecule has 0 spiro atoms. The summed E-state index contributed by atoms with van der Waals surface area (Å²) in [7, 11) is 0. The lowest BCUT2D eigenvalue weighted by Crippen LogP contribution is -2.44. The second-order valence-electron chi connectivity index (χ2n) is 4.32. The number of hydrogen-bond donors (Lipinski definition) is 0. The van der Waals surface area contributed by atoms with Gasteiger partial charge in [-0.1, -0.05) is 13.8 Å². The zero-order valence-corrected chi connectivity index (χ0v) is 11.1. The Balaban J connectivity index is 2.95.